The van der Waals surface area contributed by atoms with Crippen LogP contribution in [-0.2, 0) is 37.0 Å². The average molecular weight is 353 g/mol. The number of H-pyrrole nitrogens is 1. The van der Waals surface area contributed by atoms with Crippen LogP contribution in [0.4, 0.5) is 0 Å². The molecule has 1 aliphatic carbocycles. The lowest BCUT2D eigenvalue weighted by molar-refractivity contribution is -0.121. The molecule has 1 aromatic heterocycles. The normalized spacial score (nSPS) is 17.3. The molecular weight excluding hydrogens is 326 g/mol. The summed E-state index contributed by atoms with van der Waals surface area (Å²) in [5, 5.41) is 10.6. The fourth-order valence-corrected chi connectivity index (χ4v) is 4.05. The van der Waals surface area contributed by atoms with Crippen molar-refractivity contribution >= 4 is 5.91 Å². The van der Waals surface area contributed by atoms with Crippen LogP contribution >= 0.6 is 0 Å². The van der Waals surface area contributed by atoms with E-state index in [4.69, 9.17) is 4.74 Å². The number of ether oxygens (including phenoxy) is 1. The minimum Gasteiger partial charge on any atom is -0.487 e. The van der Waals surface area contributed by atoms with Crippen LogP contribution in [0.2, 0.25) is 0 Å². The molecule has 0 saturated heterocycles. The number of aromatic amines is 1. The second-order valence-corrected chi connectivity index (χ2v) is 8.09. The molecule has 4 rings (SSSR count). The zero-order valence-electron chi connectivity index (χ0n) is 15.7. The van der Waals surface area contributed by atoms with Gasteiger partial charge in [-0.1, -0.05) is 12.1 Å². The highest BCUT2D eigenvalue weighted by atomic mass is 16.5. The Hall–Kier alpha value is -2.30. The lowest BCUT2D eigenvalue weighted by Gasteiger charge is -2.16. The number of nitrogens with one attached hydrogen (secondary N) is 2. The Morgan fingerprint density at radius 2 is 2.15 bits per heavy atom. The van der Waals surface area contributed by atoms with Crippen molar-refractivity contribution in [3.63, 3.8) is 0 Å². The summed E-state index contributed by atoms with van der Waals surface area (Å²) in [6.45, 7) is 4.76. The van der Waals surface area contributed by atoms with Gasteiger partial charge in [0.1, 0.15) is 11.4 Å². The summed E-state index contributed by atoms with van der Waals surface area (Å²) in [5.74, 6) is 1.04. The molecule has 0 bridgehead atoms. The van der Waals surface area contributed by atoms with E-state index in [1.165, 1.54) is 29.7 Å². The minimum atomic E-state index is -0.132. The first-order valence-electron chi connectivity index (χ1n) is 9.63. The fraction of sp³-hybridized carbons (Fsp3) is 0.524. The zero-order valence-corrected chi connectivity index (χ0v) is 15.7. The van der Waals surface area contributed by atoms with Gasteiger partial charge in [0, 0.05) is 31.5 Å². The first-order valence-corrected chi connectivity index (χ1v) is 9.63. The van der Waals surface area contributed by atoms with Crippen molar-refractivity contribution in [1.82, 2.24) is 15.5 Å². The molecule has 26 heavy (non-hydrogen) atoms. The van der Waals surface area contributed by atoms with E-state index in [-0.39, 0.29) is 11.5 Å². The van der Waals surface area contributed by atoms with Crippen molar-refractivity contribution in [2.75, 3.05) is 0 Å². The minimum absolute atomic E-state index is 0.0784. The number of amides is 1. The molecule has 5 heteroatoms. The van der Waals surface area contributed by atoms with E-state index in [0.29, 0.717) is 19.4 Å². The number of hydrogen-bond acceptors (Lipinski definition) is 3. The highest BCUT2D eigenvalue weighted by Crippen LogP contribution is 2.35. The molecule has 2 N–H and O–H groups in total. The van der Waals surface area contributed by atoms with Crippen LogP contribution in [0.3, 0.4) is 0 Å². The van der Waals surface area contributed by atoms with Crippen LogP contribution in [0.5, 0.6) is 5.75 Å². The Morgan fingerprint density at radius 3 is 3.04 bits per heavy atom. The van der Waals surface area contributed by atoms with Crippen LogP contribution < -0.4 is 10.1 Å². The smallest absolute Gasteiger partial charge is 0.220 e. The first kappa shape index (κ1) is 17.1. The number of hydrogen-bond donors (Lipinski definition) is 2. The number of carbonyl (C=O) groups is 1. The van der Waals surface area contributed by atoms with Gasteiger partial charge in [0.25, 0.3) is 0 Å². The standard InChI is InChI=1S/C21H27N3O2/c1-21(2)12-15-11-14(7-9-19(15)26-21)13-22-20(25)10-8-18-16-5-3-4-6-17(16)23-24-18/h7,9,11H,3-6,8,10,12-13H2,1-2H3,(H,22,25)(H,23,24). The van der Waals surface area contributed by atoms with E-state index >= 15 is 0 Å². The monoisotopic (exact) mass is 353 g/mol. The van der Waals surface area contributed by atoms with Gasteiger partial charge >= 0.3 is 0 Å². The predicted molar refractivity (Wildman–Crippen MR) is 100 cm³/mol. The van der Waals surface area contributed by atoms with Crippen molar-refractivity contribution in [3.05, 3.63) is 46.3 Å². The third kappa shape index (κ3) is 3.62. The molecular formula is C21H27N3O2. The predicted octanol–water partition coefficient (Wildman–Crippen LogP) is 3.25. The van der Waals surface area contributed by atoms with Crippen LogP contribution in [0.15, 0.2) is 18.2 Å². The summed E-state index contributed by atoms with van der Waals surface area (Å²) in [6, 6.07) is 6.20. The molecule has 5 nitrogen and oxygen atoms in total. The number of fused-ring (bicyclic) bond motifs is 2. The maximum Gasteiger partial charge on any atom is 0.220 e. The SMILES string of the molecule is CC1(C)Cc2cc(CNC(=O)CCc3n[nH]c4c3CCCC4)ccc2O1. The second-order valence-electron chi connectivity index (χ2n) is 8.09. The van der Waals surface area contributed by atoms with E-state index in [1.54, 1.807) is 0 Å². The summed E-state index contributed by atoms with van der Waals surface area (Å²) < 4.78 is 5.90. The van der Waals surface area contributed by atoms with Gasteiger partial charge in [-0.15, -0.1) is 0 Å². The summed E-state index contributed by atoms with van der Waals surface area (Å²) in [7, 11) is 0. The fourth-order valence-electron chi connectivity index (χ4n) is 4.05. The van der Waals surface area contributed by atoms with Gasteiger partial charge in [0.15, 0.2) is 0 Å². The molecule has 0 spiro atoms. The maximum atomic E-state index is 12.2. The number of benzene rings is 1. The first-order chi connectivity index (χ1) is 12.5. The molecule has 1 aromatic carbocycles. The number of carbonyl (C=O) groups excluding carboxylic acids is 1. The second kappa shape index (κ2) is 6.78. The number of nitrogens with zero attached hydrogens (tertiary/aromatic N) is 1. The van der Waals surface area contributed by atoms with Crippen LogP contribution in [0.25, 0.3) is 0 Å². The molecule has 138 valence electrons. The summed E-state index contributed by atoms with van der Waals surface area (Å²) >= 11 is 0. The molecule has 2 aromatic rings. The lowest BCUT2D eigenvalue weighted by atomic mass is 9.94. The van der Waals surface area contributed by atoms with Crippen LogP contribution in [0.1, 0.15) is 61.2 Å². The Labute approximate surface area is 154 Å². The molecule has 1 amide bonds. The third-order valence-electron chi connectivity index (χ3n) is 5.35. The number of aryl methyl sites for hydroxylation is 2. The number of aromatic nitrogens is 2. The van der Waals surface area contributed by atoms with E-state index in [1.807, 2.05) is 12.1 Å². The highest BCUT2D eigenvalue weighted by Gasteiger charge is 2.29. The molecule has 0 saturated carbocycles. The molecule has 0 atom stereocenters. The summed E-state index contributed by atoms with van der Waals surface area (Å²) in [6.07, 6.45) is 6.75. The molecule has 0 unspecified atom stereocenters. The Balaban J connectivity index is 1.29. The van der Waals surface area contributed by atoms with Gasteiger partial charge in [-0.3, -0.25) is 9.89 Å². The van der Waals surface area contributed by atoms with Crippen molar-refractivity contribution < 1.29 is 9.53 Å². The van der Waals surface area contributed by atoms with Crippen molar-refractivity contribution in [2.24, 2.45) is 0 Å². The van der Waals surface area contributed by atoms with Gasteiger partial charge in [0.2, 0.25) is 5.91 Å². The topological polar surface area (TPSA) is 67.0 Å². The Kier molecular flexibility index (Phi) is 4.47. The molecule has 2 heterocycles. The van der Waals surface area contributed by atoms with E-state index in [9.17, 15) is 4.79 Å². The van der Waals surface area contributed by atoms with Gasteiger partial charge < -0.3 is 10.1 Å². The maximum absolute atomic E-state index is 12.2. The van der Waals surface area contributed by atoms with Gasteiger partial charge in [-0.25, -0.2) is 0 Å². The summed E-state index contributed by atoms with van der Waals surface area (Å²) in [4.78, 5) is 12.2. The van der Waals surface area contributed by atoms with Gasteiger partial charge in [0.05, 0.1) is 5.69 Å². The lowest BCUT2D eigenvalue weighted by Crippen LogP contribution is -2.24. The van der Waals surface area contributed by atoms with E-state index < -0.39 is 0 Å². The Bertz CT molecular complexity index is 823. The Morgan fingerprint density at radius 1 is 1.31 bits per heavy atom. The zero-order chi connectivity index (χ0) is 18.1. The largest absolute Gasteiger partial charge is 0.487 e. The van der Waals surface area contributed by atoms with Gasteiger partial charge in [-0.05, 0) is 62.3 Å². The average Bonchev–Trinajstić information content (AvgIpc) is 3.16. The molecule has 2 aliphatic rings. The summed E-state index contributed by atoms with van der Waals surface area (Å²) in [5.41, 5.74) is 5.92. The van der Waals surface area contributed by atoms with Crippen molar-refractivity contribution in [1.29, 1.82) is 0 Å². The third-order valence-corrected chi connectivity index (χ3v) is 5.35. The van der Waals surface area contributed by atoms with Crippen LogP contribution in [-0.4, -0.2) is 21.7 Å². The highest BCUT2D eigenvalue weighted by molar-refractivity contribution is 5.76. The molecule has 1 aliphatic heterocycles. The molecule has 0 fully saturated rings. The quantitative estimate of drug-likeness (QED) is 0.867. The van der Waals surface area contributed by atoms with Crippen LogP contribution in [0, 0.1) is 0 Å². The number of rotatable bonds is 5. The van der Waals surface area contributed by atoms with E-state index in [0.717, 1.165) is 36.3 Å². The molecule has 0 radical (unpaired) electrons. The van der Waals surface area contributed by atoms with E-state index in [2.05, 4.69) is 35.4 Å². The van der Waals surface area contributed by atoms with Gasteiger partial charge in [-0.2, -0.15) is 5.10 Å². The van der Waals surface area contributed by atoms with Crippen molar-refractivity contribution in [3.8, 4) is 5.75 Å². The van der Waals surface area contributed by atoms with Crippen molar-refractivity contribution in [2.45, 2.75) is 70.9 Å².